The number of ether oxygens (including phenoxy) is 1. The summed E-state index contributed by atoms with van der Waals surface area (Å²) in [6.45, 7) is 3.86. The summed E-state index contributed by atoms with van der Waals surface area (Å²) in [6, 6.07) is 8.48. The number of nitrogens with one attached hydrogen (secondary N) is 2. The van der Waals surface area contributed by atoms with Gasteiger partial charge in [-0.3, -0.25) is 9.59 Å². The number of hydrogen-bond acceptors (Lipinski definition) is 5. The van der Waals surface area contributed by atoms with Gasteiger partial charge in [0.25, 0.3) is 5.91 Å². The normalized spacial score (nSPS) is 13.2. The molecule has 2 amide bonds. The molecule has 3 rings (SSSR count). The third kappa shape index (κ3) is 4.29. The molecule has 1 aliphatic carbocycles. The molecule has 7 heteroatoms. The Morgan fingerprint density at radius 1 is 1.15 bits per heavy atom. The highest BCUT2D eigenvalue weighted by molar-refractivity contribution is 7.18. The number of carbonyl (C=O) groups excluding carboxylic acids is 3. The van der Waals surface area contributed by atoms with Crippen molar-refractivity contribution in [3.05, 3.63) is 46.3 Å². The summed E-state index contributed by atoms with van der Waals surface area (Å²) in [5, 5.41) is 6.21. The van der Waals surface area contributed by atoms with Crippen LogP contribution in [0.1, 0.15) is 45.4 Å². The van der Waals surface area contributed by atoms with Gasteiger partial charge in [-0.05, 0) is 62.6 Å². The van der Waals surface area contributed by atoms with E-state index in [1.807, 2.05) is 0 Å². The predicted octanol–water partition coefficient (Wildman–Crippen LogP) is 3.83. The van der Waals surface area contributed by atoms with Crippen LogP contribution in [0, 0.1) is 12.8 Å². The smallest absolute Gasteiger partial charge is 0.348 e. The third-order valence-electron chi connectivity index (χ3n) is 3.98. The zero-order chi connectivity index (χ0) is 18.7. The second-order valence-corrected chi connectivity index (χ2v) is 7.19. The van der Waals surface area contributed by atoms with Gasteiger partial charge >= 0.3 is 5.97 Å². The molecule has 1 aliphatic rings. The van der Waals surface area contributed by atoms with Crippen molar-refractivity contribution in [2.75, 3.05) is 17.2 Å². The first-order valence-electron chi connectivity index (χ1n) is 8.47. The molecule has 0 aliphatic heterocycles. The second kappa shape index (κ2) is 7.70. The lowest BCUT2D eigenvalue weighted by atomic mass is 10.2. The van der Waals surface area contributed by atoms with Gasteiger partial charge in [-0.2, -0.15) is 0 Å². The van der Waals surface area contributed by atoms with Crippen molar-refractivity contribution >= 4 is 39.8 Å². The first kappa shape index (κ1) is 18.1. The standard InChI is InChI=1S/C19H20N2O4S/c1-3-25-19(24)16-11(2)10-15(26-16)21-18(23)13-6-8-14(9-7-13)20-17(22)12-4-5-12/h6-10,12H,3-5H2,1-2H3,(H,20,22)(H,21,23). The highest BCUT2D eigenvalue weighted by atomic mass is 32.1. The fourth-order valence-electron chi connectivity index (χ4n) is 2.42. The van der Waals surface area contributed by atoms with Crippen LogP contribution >= 0.6 is 11.3 Å². The van der Waals surface area contributed by atoms with E-state index in [-0.39, 0.29) is 23.7 Å². The van der Waals surface area contributed by atoms with Crippen molar-refractivity contribution in [1.82, 2.24) is 0 Å². The summed E-state index contributed by atoms with van der Waals surface area (Å²) in [5.74, 6) is -0.496. The van der Waals surface area contributed by atoms with Crippen LogP contribution in [0.15, 0.2) is 30.3 Å². The molecule has 26 heavy (non-hydrogen) atoms. The number of hydrogen-bond donors (Lipinski definition) is 2. The summed E-state index contributed by atoms with van der Waals surface area (Å²) in [6.07, 6.45) is 1.89. The van der Waals surface area contributed by atoms with E-state index < -0.39 is 0 Å². The predicted molar refractivity (Wildman–Crippen MR) is 101 cm³/mol. The average Bonchev–Trinajstić information content (AvgIpc) is 3.39. The fraction of sp³-hybridized carbons (Fsp3) is 0.316. The molecule has 0 saturated heterocycles. The summed E-state index contributed by atoms with van der Waals surface area (Å²) in [4.78, 5) is 36.5. The summed E-state index contributed by atoms with van der Waals surface area (Å²) >= 11 is 1.19. The van der Waals surface area contributed by atoms with E-state index in [4.69, 9.17) is 4.74 Å². The molecule has 0 spiro atoms. The molecular weight excluding hydrogens is 352 g/mol. The molecule has 1 aromatic heterocycles. The van der Waals surface area contributed by atoms with Gasteiger partial charge in [-0.1, -0.05) is 0 Å². The molecule has 1 saturated carbocycles. The SMILES string of the molecule is CCOC(=O)c1sc(NC(=O)c2ccc(NC(=O)C3CC3)cc2)cc1C. The number of thiophene rings is 1. The zero-order valence-corrected chi connectivity index (χ0v) is 15.4. The van der Waals surface area contributed by atoms with E-state index in [0.717, 1.165) is 18.4 Å². The highest BCUT2D eigenvalue weighted by Crippen LogP contribution is 2.30. The van der Waals surface area contributed by atoms with Crippen molar-refractivity contribution in [2.45, 2.75) is 26.7 Å². The number of amides is 2. The van der Waals surface area contributed by atoms with E-state index in [1.165, 1.54) is 11.3 Å². The summed E-state index contributed by atoms with van der Waals surface area (Å²) in [5.41, 5.74) is 1.91. The maximum atomic E-state index is 12.4. The molecule has 2 N–H and O–H groups in total. The molecule has 0 bridgehead atoms. The first-order valence-corrected chi connectivity index (χ1v) is 9.29. The minimum Gasteiger partial charge on any atom is -0.462 e. The fourth-order valence-corrected chi connectivity index (χ4v) is 3.38. The van der Waals surface area contributed by atoms with Crippen LogP contribution in [0.2, 0.25) is 0 Å². The number of benzene rings is 1. The molecule has 2 aromatic rings. The van der Waals surface area contributed by atoms with Gasteiger partial charge in [0, 0.05) is 17.2 Å². The Morgan fingerprint density at radius 2 is 1.85 bits per heavy atom. The van der Waals surface area contributed by atoms with E-state index >= 15 is 0 Å². The molecular formula is C19H20N2O4S. The van der Waals surface area contributed by atoms with Crippen molar-refractivity contribution in [3.63, 3.8) is 0 Å². The Morgan fingerprint density at radius 3 is 2.46 bits per heavy atom. The lowest BCUT2D eigenvalue weighted by molar-refractivity contribution is -0.117. The van der Waals surface area contributed by atoms with Crippen LogP contribution in [-0.2, 0) is 9.53 Å². The molecule has 1 heterocycles. The highest BCUT2D eigenvalue weighted by Gasteiger charge is 2.29. The molecule has 6 nitrogen and oxygen atoms in total. The van der Waals surface area contributed by atoms with Gasteiger partial charge in [0.05, 0.1) is 11.6 Å². The molecule has 1 fully saturated rings. The molecule has 0 radical (unpaired) electrons. The van der Waals surface area contributed by atoms with Gasteiger partial charge in [0.1, 0.15) is 4.88 Å². The van der Waals surface area contributed by atoms with Crippen LogP contribution in [0.4, 0.5) is 10.7 Å². The Hall–Kier alpha value is -2.67. The van der Waals surface area contributed by atoms with E-state index in [9.17, 15) is 14.4 Å². The number of anilines is 2. The average molecular weight is 372 g/mol. The number of aryl methyl sites for hydroxylation is 1. The summed E-state index contributed by atoms with van der Waals surface area (Å²) in [7, 11) is 0. The number of esters is 1. The van der Waals surface area contributed by atoms with E-state index in [2.05, 4.69) is 10.6 Å². The zero-order valence-electron chi connectivity index (χ0n) is 14.6. The molecule has 136 valence electrons. The van der Waals surface area contributed by atoms with E-state index in [1.54, 1.807) is 44.2 Å². The minimum atomic E-state index is -0.383. The number of carbonyl (C=O) groups is 3. The third-order valence-corrected chi connectivity index (χ3v) is 5.11. The van der Waals surface area contributed by atoms with Crippen LogP contribution in [-0.4, -0.2) is 24.4 Å². The van der Waals surface area contributed by atoms with Crippen LogP contribution in [0.25, 0.3) is 0 Å². The van der Waals surface area contributed by atoms with Gasteiger partial charge in [0.15, 0.2) is 0 Å². The minimum absolute atomic E-state index is 0.0303. The van der Waals surface area contributed by atoms with E-state index in [0.29, 0.717) is 27.7 Å². The maximum Gasteiger partial charge on any atom is 0.348 e. The van der Waals surface area contributed by atoms with Crippen molar-refractivity contribution in [3.8, 4) is 0 Å². The maximum absolute atomic E-state index is 12.4. The van der Waals surface area contributed by atoms with Crippen LogP contribution in [0.5, 0.6) is 0 Å². The quantitative estimate of drug-likeness (QED) is 0.755. The van der Waals surface area contributed by atoms with Crippen LogP contribution < -0.4 is 10.6 Å². The Bertz CT molecular complexity index is 838. The monoisotopic (exact) mass is 372 g/mol. The second-order valence-electron chi connectivity index (χ2n) is 6.14. The van der Waals surface area contributed by atoms with Gasteiger partial charge in [0.2, 0.25) is 5.91 Å². The lowest BCUT2D eigenvalue weighted by Crippen LogP contribution is -2.14. The topological polar surface area (TPSA) is 84.5 Å². The van der Waals surface area contributed by atoms with Gasteiger partial charge in [-0.25, -0.2) is 4.79 Å². The first-order chi connectivity index (χ1) is 12.5. The van der Waals surface area contributed by atoms with Gasteiger partial charge in [-0.15, -0.1) is 11.3 Å². The lowest BCUT2D eigenvalue weighted by Gasteiger charge is -2.06. The number of rotatable bonds is 6. The largest absolute Gasteiger partial charge is 0.462 e. The van der Waals surface area contributed by atoms with Crippen molar-refractivity contribution in [1.29, 1.82) is 0 Å². The molecule has 0 atom stereocenters. The molecule has 0 unspecified atom stereocenters. The van der Waals surface area contributed by atoms with Crippen LogP contribution in [0.3, 0.4) is 0 Å². The van der Waals surface area contributed by atoms with Gasteiger partial charge < -0.3 is 15.4 Å². The van der Waals surface area contributed by atoms with Crippen molar-refractivity contribution < 1.29 is 19.1 Å². The Balaban J connectivity index is 1.63. The Labute approximate surface area is 155 Å². The van der Waals surface area contributed by atoms with Crippen molar-refractivity contribution in [2.24, 2.45) is 5.92 Å². The summed E-state index contributed by atoms with van der Waals surface area (Å²) < 4.78 is 5.00. The Kier molecular flexibility index (Phi) is 5.37. The molecule has 1 aromatic carbocycles.